The van der Waals surface area contributed by atoms with E-state index < -0.39 is 6.09 Å². The number of nitrogens with zero attached hydrogens (tertiary/aromatic N) is 2. The second-order valence-corrected chi connectivity index (χ2v) is 4.60. The maximum absolute atomic E-state index is 11.2. The second-order valence-electron chi connectivity index (χ2n) is 3.62. The van der Waals surface area contributed by atoms with Gasteiger partial charge in [-0.2, -0.15) is 0 Å². The Labute approximate surface area is 109 Å². The third kappa shape index (κ3) is 3.04. The van der Waals surface area contributed by atoms with Crippen molar-refractivity contribution in [2.45, 2.75) is 13.8 Å². The van der Waals surface area contributed by atoms with Crippen LogP contribution in [0.2, 0.25) is 0 Å². The van der Waals surface area contributed by atoms with Gasteiger partial charge in [-0.15, -0.1) is 10.2 Å². The van der Waals surface area contributed by atoms with Crippen LogP contribution in [0.25, 0.3) is 10.6 Å². The molecule has 2 aromatic rings. The number of hydrogen-bond donors (Lipinski definition) is 1. The summed E-state index contributed by atoms with van der Waals surface area (Å²) in [6.07, 6.45) is -0.510. The number of rotatable bonds is 3. The lowest BCUT2D eigenvalue weighted by atomic mass is 10.2. The van der Waals surface area contributed by atoms with Crippen molar-refractivity contribution in [1.29, 1.82) is 0 Å². The van der Waals surface area contributed by atoms with Gasteiger partial charge in [0.2, 0.25) is 5.13 Å². The monoisotopic (exact) mass is 263 g/mol. The number of carbonyl (C=O) groups is 1. The first kappa shape index (κ1) is 12.5. The molecule has 0 saturated heterocycles. The van der Waals surface area contributed by atoms with E-state index in [0.717, 1.165) is 10.6 Å². The molecule has 1 aromatic heterocycles. The van der Waals surface area contributed by atoms with Gasteiger partial charge >= 0.3 is 6.09 Å². The van der Waals surface area contributed by atoms with E-state index in [9.17, 15) is 4.79 Å². The van der Waals surface area contributed by atoms with Crippen molar-refractivity contribution in [3.63, 3.8) is 0 Å². The lowest BCUT2D eigenvalue weighted by Gasteiger charge is -1.99. The molecule has 0 unspecified atom stereocenters. The summed E-state index contributed by atoms with van der Waals surface area (Å²) < 4.78 is 4.77. The molecule has 94 valence electrons. The van der Waals surface area contributed by atoms with Crippen LogP contribution in [0.5, 0.6) is 0 Å². The molecule has 0 aliphatic heterocycles. The number of aromatic nitrogens is 2. The molecule has 2 rings (SSSR count). The molecule has 5 nitrogen and oxygen atoms in total. The number of aryl methyl sites for hydroxylation is 1. The van der Waals surface area contributed by atoms with Gasteiger partial charge in [0, 0.05) is 5.56 Å². The van der Waals surface area contributed by atoms with E-state index in [-0.39, 0.29) is 0 Å². The Morgan fingerprint density at radius 2 is 2.06 bits per heavy atom. The Kier molecular flexibility index (Phi) is 3.88. The SMILES string of the molecule is CCOC(=O)Nc1nnc(-c2ccc(C)cc2)s1. The molecule has 0 radical (unpaired) electrons. The number of hydrogen-bond acceptors (Lipinski definition) is 5. The van der Waals surface area contributed by atoms with Crippen molar-refractivity contribution in [2.24, 2.45) is 0 Å². The van der Waals surface area contributed by atoms with Gasteiger partial charge in [-0.3, -0.25) is 5.32 Å². The number of anilines is 1. The van der Waals surface area contributed by atoms with Crippen LogP contribution in [0.1, 0.15) is 12.5 Å². The minimum atomic E-state index is -0.510. The van der Waals surface area contributed by atoms with E-state index in [1.54, 1.807) is 6.92 Å². The van der Waals surface area contributed by atoms with Crippen LogP contribution >= 0.6 is 11.3 Å². The van der Waals surface area contributed by atoms with E-state index >= 15 is 0 Å². The van der Waals surface area contributed by atoms with E-state index in [1.807, 2.05) is 31.2 Å². The van der Waals surface area contributed by atoms with Gasteiger partial charge in [0.1, 0.15) is 5.01 Å². The smallest absolute Gasteiger partial charge is 0.413 e. The van der Waals surface area contributed by atoms with Crippen LogP contribution in [0.15, 0.2) is 24.3 Å². The van der Waals surface area contributed by atoms with Crippen LogP contribution in [0.3, 0.4) is 0 Å². The summed E-state index contributed by atoms with van der Waals surface area (Å²) in [5.41, 5.74) is 2.17. The molecular formula is C12H13N3O2S. The summed E-state index contributed by atoms with van der Waals surface area (Å²) in [6, 6.07) is 7.97. The average Bonchev–Trinajstić information content (AvgIpc) is 2.78. The first-order valence-electron chi connectivity index (χ1n) is 5.53. The van der Waals surface area contributed by atoms with E-state index in [0.29, 0.717) is 11.7 Å². The summed E-state index contributed by atoms with van der Waals surface area (Å²) in [4.78, 5) is 11.2. The maximum Gasteiger partial charge on any atom is 0.413 e. The molecule has 1 aromatic carbocycles. The number of ether oxygens (including phenoxy) is 1. The fraction of sp³-hybridized carbons (Fsp3) is 0.250. The molecule has 0 aliphatic rings. The molecule has 1 amide bonds. The molecular weight excluding hydrogens is 250 g/mol. The molecule has 1 N–H and O–H groups in total. The minimum absolute atomic E-state index is 0.329. The largest absolute Gasteiger partial charge is 0.450 e. The maximum atomic E-state index is 11.2. The second kappa shape index (κ2) is 5.59. The Bertz CT molecular complexity index is 537. The topological polar surface area (TPSA) is 64.1 Å². The van der Waals surface area contributed by atoms with Crippen molar-refractivity contribution in [3.05, 3.63) is 29.8 Å². The summed E-state index contributed by atoms with van der Waals surface area (Å²) in [5, 5.41) is 11.6. The number of amides is 1. The highest BCUT2D eigenvalue weighted by Crippen LogP contribution is 2.26. The summed E-state index contributed by atoms with van der Waals surface area (Å²) >= 11 is 1.31. The standard InChI is InChI=1S/C12H13N3O2S/c1-3-17-12(16)13-11-15-14-10(18-11)9-6-4-8(2)5-7-9/h4-7H,3H2,1-2H3,(H,13,15,16). The minimum Gasteiger partial charge on any atom is -0.450 e. The Morgan fingerprint density at radius 3 is 2.72 bits per heavy atom. The van der Waals surface area contributed by atoms with Gasteiger partial charge in [0.15, 0.2) is 0 Å². The number of benzene rings is 1. The third-order valence-corrected chi connectivity index (χ3v) is 3.10. The van der Waals surface area contributed by atoms with Crippen LogP contribution in [0.4, 0.5) is 9.93 Å². The highest BCUT2D eigenvalue weighted by Gasteiger charge is 2.09. The number of nitrogens with one attached hydrogen (secondary N) is 1. The summed E-state index contributed by atoms with van der Waals surface area (Å²) in [6.45, 7) is 4.10. The molecule has 0 aliphatic carbocycles. The number of carbonyl (C=O) groups excluding carboxylic acids is 1. The summed E-state index contributed by atoms with van der Waals surface area (Å²) in [5.74, 6) is 0. The van der Waals surface area contributed by atoms with Crippen molar-refractivity contribution >= 4 is 22.6 Å². The van der Waals surface area contributed by atoms with Crippen LogP contribution < -0.4 is 5.32 Å². The Hall–Kier alpha value is -1.95. The van der Waals surface area contributed by atoms with E-state index in [1.165, 1.54) is 16.9 Å². The average molecular weight is 263 g/mol. The molecule has 0 atom stereocenters. The predicted molar refractivity (Wildman–Crippen MR) is 70.7 cm³/mol. The molecule has 0 saturated carbocycles. The van der Waals surface area contributed by atoms with Crippen LogP contribution in [-0.4, -0.2) is 22.9 Å². The van der Waals surface area contributed by atoms with Gasteiger partial charge in [-0.1, -0.05) is 41.2 Å². The van der Waals surface area contributed by atoms with E-state index in [2.05, 4.69) is 15.5 Å². The van der Waals surface area contributed by atoms with Gasteiger partial charge < -0.3 is 4.74 Å². The zero-order valence-electron chi connectivity index (χ0n) is 10.1. The van der Waals surface area contributed by atoms with Gasteiger partial charge in [0.05, 0.1) is 6.61 Å². The predicted octanol–water partition coefficient (Wildman–Crippen LogP) is 3.08. The van der Waals surface area contributed by atoms with Gasteiger partial charge in [-0.05, 0) is 13.8 Å². The van der Waals surface area contributed by atoms with Crippen molar-refractivity contribution < 1.29 is 9.53 Å². The quantitative estimate of drug-likeness (QED) is 0.924. The summed E-state index contributed by atoms with van der Waals surface area (Å²) in [7, 11) is 0. The lowest BCUT2D eigenvalue weighted by Crippen LogP contribution is -2.12. The zero-order valence-corrected chi connectivity index (χ0v) is 11.0. The Balaban J connectivity index is 2.10. The van der Waals surface area contributed by atoms with Gasteiger partial charge in [-0.25, -0.2) is 4.79 Å². The van der Waals surface area contributed by atoms with Crippen LogP contribution in [0, 0.1) is 6.92 Å². The highest BCUT2D eigenvalue weighted by atomic mass is 32.1. The van der Waals surface area contributed by atoms with Crippen molar-refractivity contribution in [2.75, 3.05) is 11.9 Å². The first-order valence-corrected chi connectivity index (χ1v) is 6.35. The van der Waals surface area contributed by atoms with E-state index in [4.69, 9.17) is 4.74 Å². The fourth-order valence-corrected chi connectivity index (χ4v) is 2.08. The molecule has 0 bridgehead atoms. The third-order valence-electron chi connectivity index (χ3n) is 2.21. The molecule has 0 spiro atoms. The normalized spacial score (nSPS) is 10.1. The fourth-order valence-electron chi connectivity index (χ4n) is 1.34. The zero-order chi connectivity index (χ0) is 13.0. The highest BCUT2D eigenvalue weighted by molar-refractivity contribution is 7.18. The van der Waals surface area contributed by atoms with Crippen LogP contribution in [-0.2, 0) is 4.74 Å². The lowest BCUT2D eigenvalue weighted by molar-refractivity contribution is 0.168. The first-order chi connectivity index (χ1) is 8.69. The molecule has 6 heteroatoms. The van der Waals surface area contributed by atoms with Gasteiger partial charge in [0.25, 0.3) is 0 Å². The Morgan fingerprint density at radius 1 is 1.33 bits per heavy atom. The van der Waals surface area contributed by atoms with Crippen molar-refractivity contribution in [3.8, 4) is 10.6 Å². The molecule has 18 heavy (non-hydrogen) atoms. The molecule has 1 heterocycles. The van der Waals surface area contributed by atoms with Crippen molar-refractivity contribution in [1.82, 2.24) is 10.2 Å². The molecule has 0 fully saturated rings.